The molecule has 4 nitrogen and oxygen atoms in total. The van der Waals surface area contributed by atoms with Crippen LogP contribution in [0.25, 0.3) is 0 Å². The van der Waals surface area contributed by atoms with Crippen LogP contribution in [0.15, 0.2) is 22.8 Å². The molecule has 1 atom stereocenters. The Morgan fingerprint density at radius 2 is 2.18 bits per heavy atom. The maximum atomic E-state index is 12.0. The maximum Gasteiger partial charge on any atom is 0.223 e. The average Bonchev–Trinajstić information content (AvgIpc) is 2.83. The fraction of sp³-hybridized carbons (Fsp3) is 0.615. The normalized spacial score (nSPS) is 12.7. The number of amides is 1. The number of furan rings is 1. The minimum atomic E-state index is -0.205. The molecule has 0 saturated carbocycles. The van der Waals surface area contributed by atoms with E-state index in [2.05, 4.69) is 5.32 Å². The Bertz CT molecular complexity index is 317. The first kappa shape index (κ1) is 13.8. The van der Waals surface area contributed by atoms with Crippen LogP contribution in [0.5, 0.6) is 0 Å². The average molecular weight is 239 g/mol. The number of carbonyl (C=O) groups excluding carboxylic acids is 1. The van der Waals surface area contributed by atoms with Crippen LogP contribution in [-0.2, 0) is 9.53 Å². The lowest BCUT2D eigenvalue weighted by atomic mass is 10.0. The molecule has 1 N–H and O–H groups in total. The molecular weight excluding hydrogens is 218 g/mol. The molecule has 0 aromatic carbocycles. The zero-order chi connectivity index (χ0) is 12.7. The summed E-state index contributed by atoms with van der Waals surface area (Å²) in [5.74, 6) is 0.851. The third-order valence-electron chi connectivity index (χ3n) is 2.89. The number of ether oxygens (including phenoxy) is 1. The standard InChI is InChI=1S/C13H21NO3/c1-4-10(5-2)13(15)14-11(9-16-3)12-7-6-8-17-12/h6-8,10-11H,4-5,9H2,1-3H3,(H,14,15)/t11-/m0/s1. The summed E-state index contributed by atoms with van der Waals surface area (Å²) < 4.78 is 10.4. The van der Waals surface area contributed by atoms with E-state index in [0.717, 1.165) is 18.6 Å². The molecule has 1 heterocycles. The summed E-state index contributed by atoms with van der Waals surface area (Å²) >= 11 is 0. The van der Waals surface area contributed by atoms with Gasteiger partial charge in [-0.2, -0.15) is 0 Å². The van der Waals surface area contributed by atoms with Gasteiger partial charge in [0.1, 0.15) is 11.8 Å². The first-order valence-corrected chi connectivity index (χ1v) is 6.05. The second-order valence-corrected chi connectivity index (χ2v) is 4.05. The zero-order valence-electron chi connectivity index (χ0n) is 10.7. The molecule has 4 heteroatoms. The Kier molecular flexibility index (Phi) is 5.77. The molecule has 1 rings (SSSR count). The molecule has 17 heavy (non-hydrogen) atoms. The van der Waals surface area contributed by atoms with E-state index in [0.29, 0.717) is 6.61 Å². The largest absolute Gasteiger partial charge is 0.467 e. The summed E-state index contributed by atoms with van der Waals surface area (Å²) in [5.41, 5.74) is 0. The summed E-state index contributed by atoms with van der Waals surface area (Å²) in [4.78, 5) is 12.0. The van der Waals surface area contributed by atoms with Crippen LogP contribution in [0.3, 0.4) is 0 Å². The second-order valence-electron chi connectivity index (χ2n) is 4.05. The fourth-order valence-electron chi connectivity index (χ4n) is 1.80. The molecule has 0 fully saturated rings. The van der Waals surface area contributed by atoms with Crippen molar-refractivity contribution >= 4 is 5.91 Å². The predicted octanol–water partition coefficient (Wildman–Crippen LogP) is 2.52. The molecular formula is C13H21NO3. The van der Waals surface area contributed by atoms with Gasteiger partial charge in [0.25, 0.3) is 0 Å². The van der Waals surface area contributed by atoms with Crippen LogP contribution < -0.4 is 5.32 Å². The van der Waals surface area contributed by atoms with E-state index >= 15 is 0 Å². The van der Waals surface area contributed by atoms with Crippen molar-refractivity contribution in [2.45, 2.75) is 32.7 Å². The van der Waals surface area contributed by atoms with Crippen molar-refractivity contribution in [3.8, 4) is 0 Å². The molecule has 1 aromatic heterocycles. The fourth-order valence-corrected chi connectivity index (χ4v) is 1.80. The summed E-state index contributed by atoms with van der Waals surface area (Å²) in [6, 6.07) is 3.45. The highest BCUT2D eigenvalue weighted by Crippen LogP contribution is 2.16. The van der Waals surface area contributed by atoms with Crippen LogP contribution in [0, 0.1) is 5.92 Å². The molecule has 0 saturated heterocycles. The van der Waals surface area contributed by atoms with Gasteiger partial charge in [0, 0.05) is 13.0 Å². The van der Waals surface area contributed by atoms with Crippen molar-refractivity contribution in [3.05, 3.63) is 24.2 Å². The van der Waals surface area contributed by atoms with Gasteiger partial charge in [-0.05, 0) is 25.0 Å². The van der Waals surface area contributed by atoms with Crippen LogP contribution in [0.4, 0.5) is 0 Å². The van der Waals surface area contributed by atoms with Crippen LogP contribution >= 0.6 is 0 Å². The smallest absolute Gasteiger partial charge is 0.223 e. The Balaban J connectivity index is 2.64. The molecule has 0 spiro atoms. The molecule has 0 aliphatic heterocycles. The first-order valence-electron chi connectivity index (χ1n) is 6.05. The maximum absolute atomic E-state index is 12.0. The predicted molar refractivity (Wildman–Crippen MR) is 65.5 cm³/mol. The van der Waals surface area contributed by atoms with E-state index in [1.807, 2.05) is 19.9 Å². The van der Waals surface area contributed by atoms with Gasteiger partial charge in [0.05, 0.1) is 12.9 Å². The quantitative estimate of drug-likeness (QED) is 0.795. The number of rotatable bonds is 7. The number of hydrogen-bond acceptors (Lipinski definition) is 3. The van der Waals surface area contributed by atoms with E-state index < -0.39 is 0 Å². The lowest BCUT2D eigenvalue weighted by Crippen LogP contribution is -2.35. The topological polar surface area (TPSA) is 51.5 Å². The summed E-state index contributed by atoms with van der Waals surface area (Å²) in [6.07, 6.45) is 3.29. The van der Waals surface area contributed by atoms with Crippen molar-refractivity contribution in [1.29, 1.82) is 0 Å². The van der Waals surface area contributed by atoms with Gasteiger partial charge in [-0.15, -0.1) is 0 Å². The highest BCUT2D eigenvalue weighted by Gasteiger charge is 2.21. The highest BCUT2D eigenvalue weighted by atomic mass is 16.5. The molecule has 1 amide bonds. The van der Waals surface area contributed by atoms with E-state index in [1.165, 1.54) is 0 Å². The summed E-state index contributed by atoms with van der Waals surface area (Å²) in [7, 11) is 1.61. The molecule has 0 unspecified atom stereocenters. The monoisotopic (exact) mass is 239 g/mol. The van der Waals surface area contributed by atoms with Gasteiger partial charge in [0.15, 0.2) is 0 Å². The van der Waals surface area contributed by atoms with Gasteiger partial charge in [-0.1, -0.05) is 13.8 Å². The van der Waals surface area contributed by atoms with E-state index in [-0.39, 0.29) is 17.9 Å². The second kappa shape index (κ2) is 7.12. The zero-order valence-corrected chi connectivity index (χ0v) is 10.7. The first-order chi connectivity index (χ1) is 8.22. The molecule has 0 radical (unpaired) electrons. The molecule has 96 valence electrons. The third-order valence-corrected chi connectivity index (χ3v) is 2.89. The van der Waals surface area contributed by atoms with E-state index in [4.69, 9.17) is 9.15 Å². The van der Waals surface area contributed by atoms with E-state index in [1.54, 1.807) is 19.4 Å². The molecule has 0 aliphatic rings. The van der Waals surface area contributed by atoms with Gasteiger partial charge in [0.2, 0.25) is 5.91 Å². The van der Waals surface area contributed by atoms with Crippen molar-refractivity contribution in [2.24, 2.45) is 5.92 Å². The Hall–Kier alpha value is -1.29. The van der Waals surface area contributed by atoms with Crippen molar-refractivity contribution in [2.75, 3.05) is 13.7 Å². The summed E-state index contributed by atoms with van der Waals surface area (Å²) in [6.45, 7) is 4.46. The number of hydrogen-bond donors (Lipinski definition) is 1. The minimum absolute atomic E-state index is 0.0596. The third kappa shape index (κ3) is 3.89. The van der Waals surface area contributed by atoms with Gasteiger partial charge in [-0.25, -0.2) is 0 Å². The Morgan fingerprint density at radius 3 is 2.65 bits per heavy atom. The van der Waals surface area contributed by atoms with Crippen LogP contribution in [0.1, 0.15) is 38.5 Å². The SMILES string of the molecule is CCC(CC)C(=O)N[C@@H](COC)c1ccco1. The number of carbonyl (C=O) groups is 1. The Labute approximate surface area is 102 Å². The van der Waals surface area contributed by atoms with Crippen LogP contribution in [-0.4, -0.2) is 19.6 Å². The van der Waals surface area contributed by atoms with Crippen molar-refractivity contribution in [1.82, 2.24) is 5.32 Å². The minimum Gasteiger partial charge on any atom is -0.467 e. The molecule has 1 aromatic rings. The van der Waals surface area contributed by atoms with Gasteiger partial charge >= 0.3 is 0 Å². The van der Waals surface area contributed by atoms with Crippen LogP contribution in [0.2, 0.25) is 0 Å². The van der Waals surface area contributed by atoms with Gasteiger partial charge in [-0.3, -0.25) is 4.79 Å². The van der Waals surface area contributed by atoms with E-state index in [9.17, 15) is 4.79 Å². The Morgan fingerprint density at radius 1 is 1.47 bits per heavy atom. The lowest BCUT2D eigenvalue weighted by molar-refractivity contribution is -0.126. The highest BCUT2D eigenvalue weighted by molar-refractivity contribution is 5.78. The lowest BCUT2D eigenvalue weighted by Gasteiger charge is -2.19. The van der Waals surface area contributed by atoms with Crippen molar-refractivity contribution < 1.29 is 13.9 Å². The number of nitrogens with one attached hydrogen (secondary N) is 1. The van der Waals surface area contributed by atoms with Crippen molar-refractivity contribution in [3.63, 3.8) is 0 Å². The molecule has 0 bridgehead atoms. The number of methoxy groups -OCH3 is 1. The molecule has 0 aliphatic carbocycles. The summed E-state index contributed by atoms with van der Waals surface area (Å²) in [5, 5.41) is 2.96. The van der Waals surface area contributed by atoms with Gasteiger partial charge < -0.3 is 14.5 Å².